The van der Waals surface area contributed by atoms with Gasteiger partial charge in [0.15, 0.2) is 0 Å². The predicted molar refractivity (Wildman–Crippen MR) is 74.4 cm³/mol. The monoisotopic (exact) mass is 288 g/mol. The zero-order valence-electron chi connectivity index (χ0n) is 12.2. The van der Waals surface area contributed by atoms with Gasteiger partial charge in [-0.1, -0.05) is 6.92 Å². The summed E-state index contributed by atoms with van der Waals surface area (Å²) in [7, 11) is 1.98. The van der Waals surface area contributed by atoms with E-state index >= 15 is 0 Å². The number of amides is 3. The van der Waals surface area contributed by atoms with Gasteiger partial charge in [-0.3, -0.25) is 9.59 Å². The van der Waals surface area contributed by atoms with Crippen LogP contribution in [0.25, 0.3) is 0 Å². The van der Waals surface area contributed by atoms with Gasteiger partial charge in [0.1, 0.15) is 6.54 Å². The first-order valence-electron chi connectivity index (χ1n) is 6.57. The average molecular weight is 288 g/mol. The molecule has 0 spiro atoms. The van der Waals surface area contributed by atoms with Gasteiger partial charge >= 0.3 is 12.0 Å². The second-order valence-electron chi connectivity index (χ2n) is 4.52. The molecule has 0 saturated carbocycles. The van der Waals surface area contributed by atoms with Gasteiger partial charge in [-0.15, -0.1) is 0 Å². The number of aliphatic carboxylic acids is 1. The van der Waals surface area contributed by atoms with Crippen molar-refractivity contribution < 1.29 is 19.5 Å². The molecule has 0 bridgehead atoms. The van der Waals surface area contributed by atoms with Crippen molar-refractivity contribution in [3.8, 4) is 0 Å². The standard InChI is InChI=1S/C12H24N4O4/c1-4-9(2)16(3)6-5-13-12(20)15-7-10(17)14-8-11(18)19/h9H,4-8H2,1-3H3,(H,14,17)(H,18,19)(H2,13,15,20). The Morgan fingerprint density at radius 1 is 1.15 bits per heavy atom. The number of nitrogens with zero attached hydrogens (tertiary/aromatic N) is 1. The van der Waals surface area contributed by atoms with E-state index < -0.39 is 24.5 Å². The minimum atomic E-state index is -1.13. The molecule has 0 aliphatic heterocycles. The number of hydrogen-bond acceptors (Lipinski definition) is 4. The lowest BCUT2D eigenvalue weighted by molar-refractivity contribution is -0.137. The van der Waals surface area contributed by atoms with E-state index in [1.807, 2.05) is 7.05 Å². The van der Waals surface area contributed by atoms with Gasteiger partial charge in [0.25, 0.3) is 0 Å². The van der Waals surface area contributed by atoms with Crippen LogP contribution in [0.1, 0.15) is 20.3 Å². The molecule has 0 heterocycles. The van der Waals surface area contributed by atoms with Crippen LogP contribution in [-0.2, 0) is 9.59 Å². The fourth-order valence-corrected chi connectivity index (χ4v) is 1.34. The Hall–Kier alpha value is -1.83. The van der Waals surface area contributed by atoms with Gasteiger partial charge < -0.3 is 26.0 Å². The molecule has 0 saturated heterocycles. The number of carboxylic acids is 1. The third-order valence-electron chi connectivity index (χ3n) is 2.94. The molecule has 0 aliphatic carbocycles. The molecule has 0 fully saturated rings. The maximum absolute atomic E-state index is 11.4. The van der Waals surface area contributed by atoms with Gasteiger partial charge in [0.2, 0.25) is 5.91 Å². The number of carboxylic acid groups (broad SMARTS) is 1. The molecular weight excluding hydrogens is 264 g/mol. The summed E-state index contributed by atoms with van der Waals surface area (Å²) >= 11 is 0. The number of nitrogens with one attached hydrogen (secondary N) is 3. The minimum Gasteiger partial charge on any atom is -0.480 e. The number of carbonyl (C=O) groups excluding carboxylic acids is 2. The van der Waals surface area contributed by atoms with Crippen LogP contribution in [0.15, 0.2) is 0 Å². The molecule has 1 unspecified atom stereocenters. The largest absolute Gasteiger partial charge is 0.480 e. The zero-order chi connectivity index (χ0) is 15.5. The van der Waals surface area contributed by atoms with E-state index in [0.717, 1.165) is 6.42 Å². The van der Waals surface area contributed by atoms with E-state index in [1.54, 1.807) is 0 Å². The summed E-state index contributed by atoms with van der Waals surface area (Å²) in [5, 5.41) is 15.5. The maximum atomic E-state index is 11.4. The van der Waals surface area contributed by atoms with Crippen LogP contribution in [0.5, 0.6) is 0 Å². The SMILES string of the molecule is CCC(C)N(C)CCNC(=O)NCC(=O)NCC(=O)O. The van der Waals surface area contributed by atoms with Gasteiger partial charge in [0.05, 0.1) is 6.54 Å². The van der Waals surface area contributed by atoms with Crippen LogP contribution in [0.4, 0.5) is 4.79 Å². The zero-order valence-corrected chi connectivity index (χ0v) is 12.2. The molecule has 8 heteroatoms. The van der Waals surface area contributed by atoms with E-state index in [9.17, 15) is 14.4 Å². The minimum absolute atomic E-state index is 0.250. The average Bonchev–Trinajstić information content (AvgIpc) is 2.41. The van der Waals surface area contributed by atoms with E-state index in [-0.39, 0.29) is 6.54 Å². The summed E-state index contributed by atoms with van der Waals surface area (Å²) in [4.78, 5) is 34.8. The van der Waals surface area contributed by atoms with Crippen molar-refractivity contribution in [2.24, 2.45) is 0 Å². The third kappa shape index (κ3) is 9.15. The second kappa shape index (κ2) is 10.0. The van der Waals surface area contributed by atoms with Crippen LogP contribution >= 0.6 is 0 Å². The van der Waals surface area contributed by atoms with E-state index in [2.05, 4.69) is 34.7 Å². The highest BCUT2D eigenvalue weighted by Gasteiger charge is 2.08. The first-order chi connectivity index (χ1) is 9.36. The molecule has 0 rings (SSSR count). The Balaban J connectivity index is 3.69. The summed E-state index contributed by atoms with van der Waals surface area (Å²) in [5.74, 6) is -1.67. The van der Waals surface area contributed by atoms with Gasteiger partial charge in [-0.2, -0.15) is 0 Å². The normalized spacial score (nSPS) is 11.8. The Morgan fingerprint density at radius 3 is 2.35 bits per heavy atom. The fraction of sp³-hybridized carbons (Fsp3) is 0.750. The van der Waals surface area contributed by atoms with Crippen LogP contribution in [0, 0.1) is 0 Å². The molecule has 0 radical (unpaired) electrons. The highest BCUT2D eigenvalue weighted by Crippen LogP contribution is 1.97. The van der Waals surface area contributed by atoms with Gasteiger partial charge in [-0.25, -0.2) is 4.79 Å². The Labute approximate surface area is 118 Å². The van der Waals surface area contributed by atoms with Crippen molar-refractivity contribution >= 4 is 17.9 Å². The lowest BCUT2D eigenvalue weighted by atomic mass is 10.2. The van der Waals surface area contributed by atoms with E-state index in [0.29, 0.717) is 19.1 Å². The number of carbonyl (C=O) groups is 3. The summed E-state index contributed by atoms with van der Waals surface area (Å²) in [6, 6.07) is -0.00492. The van der Waals surface area contributed by atoms with E-state index in [4.69, 9.17) is 5.11 Å². The molecule has 0 aromatic carbocycles. The number of rotatable bonds is 9. The van der Waals surface area contributed by atoms with Crippen LogP contribution in [0.2, 0.25) is 0 Å². The number of likely N-dealkylation sites (N-methyl/N-ethyl adjacent to an activating group) is 1. The molecule has 1 atom stereocenters. The molecule has 8 nitrogen and oxygen atoms in total. The van der Waals surface area contributed by atoms with Crippen molar-refractivity contribution in [1.82, 2.24) is 20.9 Å². The second-order valence-corrected chi connectivity index (χ2v) is 4.52. The predicted octanol–water partition coefficient (Wildman–Crippen LogP) is -0.783. The van der Waals surface area contributed by atoms with E-state index in [1.165, 1.54) is 0 Å². The van der Waals surface area contributed by atoms with Gasteiger partial charge in [0, 0.05) is 19.1 Å². The van der Waals surface area contributed by atoms with Crippen LogP contribution < -0.4 is 16.0 Å². The van der Waals surface area contributed by atoms with Crippen molar-refractivity contribution in [3.05, 3.63) is 0 Å². The topological polar surface area (TPSA) is 111 Å². The Morgan fingerprint density at radius 2 is 1.80 bits per heavy atom. The first-order valence-corrected chi connectivity index (χ1v) is 6.57. The lowest BCUT2D eigenvalue weighted by Gasteiger charge is -2.23. The Bertz CT molecular complexity index is 335. The summed E-state index contributed by atoms with van der Waals surface area (Å²) in [6.07, 6.45) is 1.03. The summed E-state index contributed by atoms with van der Waals surface area (Å²) in [5.41, 5.74) is 0. The molecule has 0 aromatic rings. The summed E-state index contributed by atoms with van der Waals surface area (Å²) < 4.78 is 0. The smallest absolute Gasteiger partial charge is 0.322 e. The molecule has 0 aliphatic rings. The molecule has 20 heavy (non-hydrogen) atoms. The number of hydrogen-bond donors (Lipinski definition) is 4. The van der Waals surface area contributed by atoms with Crippen LogP contribution in [0.3, 0.4) is 0 Å². The molecule has 0 aromatic heterocycles. The molecule has 4 N–H and O–H groups in total. The number of urea groups is 1. The summed E-state index contributed by atoms with van der Waals surface area (Å²) in [6.45, 7) is 4.68. The van der Waals surface area contributed by atoms with Crippen molar-refractivity contribution in [3.63, 3.8) is 0 Å². The molecule has 3 amide bonds. The maximum Gasteiger partial charge on any atom is 0.322 e. The lowest BCUT2D eigenvalue weighted by Crippen LogP contribution is -2.45. The third-order valence-corrected chi connectivity index (χ3v) is 2.94. The van der Waals surface area contributed by atoms with Crippen molar-refractivity contribution in [1.29, 1.82) is 0 Å². The highest BCUT2D eigenvalue weighted by molar-refractivity contribution is 5.86. The fourth-order valence-electron chi connectivity index (χ4n) is 1.34. The quantitative estimate of drug-likeness (QED) is 0.445. The van der Waals surface area contributed by atoms with Crippen LogP contribution in [-0.4, -0.2) is 67.2 Å². The van der Waals surface area contributed by atoms with Gasteiger partial charge in [-0.05, 0) is 20.4 Å². The Kier molecular flexibility index (Phi) is 9.10. The highest BCUT2D eigenvalue weighted by atomic mass is 16.4. The first kappa shape index (κ1) is 18.2. The van der Waals surface area contributed by atoms with Crippen molar-refractivity contribution in [2.75, 3.05) is 33.2 Å². The molecule has 116 valence electrons. The molecular formula is C12H24N4O4. The van der Waals surface area contributed by atoms with Crippen molar-refractivity contribution in [2.45, 2.75) is 26.3 Å².